The molecular formula is C26H17BrN2O. The zero-order valence-corrected chi connectivity index (χ0v) is 17.6. The van der Waals surface area contributed by atoms with E-state index >= 15 is 0 Å². The largest absolute Gasteiger partial charge is 0.268 e. The number of nitrogens with zero attached hydrogens (tertiary/aromatic N) is 2. The Morgan fingerprint density at radius 1 is 0.767 bits per heavy atom. The van der Waals surface area contributed by atoms with Crippen LogP contribution in [0.15, 0.2) is 100 Å². The van der Waals surface area contributed by atoms with Crippen LogP contribution in [0.2, 0.25) is 0 Å². The molecule has 0 saturated heterocycles. The van der Waals surface area contributed by atoms with E-state index < -0.39 is 0 Å². The van der Waals surface area contributed by atoms with Crippen molar-refractivity contribution in [3.63, 3.8) is 0 Å². The molecule has 0 atom stereocenters. The van der Waals surface area contributed by atoms with Gasteiger partial charge in [0.05, 0.1) is 16.6 Å². The van der Waals surface area contributed by atoms with E-state index in [9.17, 15) is 4.79 Å². The van der Waals surface area contributed by atoms with Crippen LogP contribution in [-0.4, -0.2) is 9.55 Å². The quantitative estimate of drug-likeness (QED) is 0.314. The van der Waals surface area contributed by atoms with Crippen molar-refractivity contribution in [2.24, 2.45) is 0 Å². The average molecular weight is 453 g/mol. The molecule has 0 amide bonds. The molecule has 0 aliphatic carbocycles. The molecule has 0 radical (unpaired) electrons. The van der Waals surface area contributed by atoms with Gasteiger partial charge >= 0.3 is 0 Å². The van der Waals surface area contributed by atoms with Crippen molar-refractivity contribution in [1.29, 1.82) is 0 Å². The fourth-order valence-corrected chi connectivity index (χ4v) is 4.10. The number of benzene rings is 4. The van der Waals surface area contributed by atoms with E-state index in [1.165, 1.54) is 0 Å². The van der Waals surface area contributed by atoms with Gasteiger partial charge in [-0.25, -0.2) is 4.98 Å². The summed E-state index contributed by atoms with van der Waals surface area (Å²) in [5, 5.41) is 2.69. The Kier molecular flexibility index (Phi) is 4.77. The molecule has 30 heavy (non-hydrogen) atoms. The van der Waals surface area contributed by atoms with Gasteiger partial charge in [0.15, 0.2) is 0 Å². The summed E-state index contributed by atoms with van der Waals surface area (Å²) in [5.74, 6) is 0.593. The number of rotatable bonds is 3. The number of hydrogen-bond donors (Lipinski definition) is 0. The number of halogens is 1. The Bertz CT molecular complexity index is 1480. The van der Waals surface area contributed by atoms with Crippen LogP contribution >= 0.6 is 15.9 Å². The number of hydrogen-bond acceptors (Lipinski definition) is 2. The summed E-state index contributed by atoms with van der Waals surface area (Å²) in [7, 11) is 0. The Balaban J connectivity index is 1.80. The number of para-hydroxylation sites is 1. The third-order valence-electron chi connectivity index (χ3n) is 5.08. The molecule has 0 spiro atoms. The molecular weight excluding hydrogens is 436 g/mol. The lowest BCUT2D eigenvalue weighted by Crippen LogP contribution is -2.22. The van der Waals surface area contributed by atoms with Gasteiger partial charge in [0, 0.05) is 9.86 Å². The fraction of sp³-hybridized carbons (Fsp3) is 0. The van der Waals surface area contributed by atoms with Crippen molar-refractivity contribution in [1.82, 2.24) is 9.55 Å². The van der Waals surface area contributed by atoms with Gasteiger partial charge in [-0.15, -0.1) is 0 Å². The van der Waals surface area contributed by atoms with Gasteiger partial charge < -0.3 is 0 Å². The molecule has 0 saturated carbocycles. The van der Waals surface area contributed by atoms with Gasteiger partial charge in [0.25, 0.3) is 5.56 Å². The molecule has 3 nitrogen and oxygen atoms in total. The van der Waals surface area contributed by atoms with Gasteiger partial charge in [0.1, 0.15) is 5.82 Å². The first-order chi connectivity index (χ1) is 14.7. The Hall–Kier alpha value is -3.50. The van der Waals surface area contributed by atoms with E-state index in [0.717, 1.165) is 26.5 Å². The highest BCUT2D eigenvalue weighted by Gasteiger charge is 2.13. The monoisotopic (exact) mass is 452 g/mol. The summed E-state index contributed by atoms with van der Waals surface area (Å²) >= 11 is 3.51. The third kappa shape index (κ3) is 3.36. The molecule has 144 valence electrons. The highest BCUT2D eigenvalue weighted by molar-refractivity contribution is 9.10. The number of aromatic nitrogens is 2. The van der Waals surface area contributed by atoms with Crippen molar-refractivity contribution < 1.29 is 0 Å². The molecule has 1 aromatic heterocycles. The second-order valence-corrected chi connectivity index (χ2v) is 7.93. The Labute approximate surface area is 182 Å². The molecule has 0 aliphatic rings. The molecule has 4 aromatic carbocycles. The van der Waals surface area contributed by atoms with Gasteiger partial charge in [-0.3, -0.25) is 9.36 Å². The zero-order valence-electron chi connectivity index (χ0n) is 16.0. The predicted octanol–water partition coefficient (Wildman–Crippen LogP) is 6.47. The molecule has 4 heteroatoms. The van der Waals surface area contributed by atoms with Crippen molar-refractivity contribution in [3.05, 3.63) is 117 Å². The van der Waals surface area contributed by atoms with Crippen LogP contribution in [0.4, 0.5) is 0 Å². The summed E-state index contributed by atoms with van der Waals surface area (Å²) in [4.78, 5) is 18.4. The first-order valence-corrected chi connectivity index (χ1v) is 10.4. The van der Waals surface area contributed by atoms with E-state index in [1.54, 1.807) is 4.57 Å². The van der Waals surface area contributed by atoms with Gasteiger partial charge in [-0.2, -0.15) is 0 Å². The molecule has 5 rings (SSSR count). The molecule has 0 aliphatic heterocycles. The van der Waals surface area contributed by atoms with Crippen molar-refractivity contribution in [3.8, 4) is 5.69 Å². The SMILES string of the molecule is O=c1c2ccccc2nc(/C=C/c2cccc(Br)c2)n1-c1cccc2ccccc12. The normalized spacial score (nSPS) is 11.5. The summed E-state index contributed by atoms with van der Waals surface area (Å²) in [6, 6.07) is 29.6. The number of fused-ring (bicyclic) bond motifs is 2. The minimum absolute atomic E-state index is 0.0779. The van der Waals surface area contributed by atoms with Crippen LogP contribution < -0.4 is 5.56 Å². The molecule has 0 N–H and O–H groups in total. The second-order valence-electron chi connectivity index (χ2n) is 7.01. The minimum Gasteiger partial charge on any atom is -0.268 e. The third-order valence-corrected chi connectivity index (χ3v) is 5.58. The Morgan fingerprint density at radius 2 is 1.50 bits per heavy atom. The van der Waals surface area contributed by atoms with Crippen LogP contribution in [-0.2, 0) is 0 Å². The van der Waals surface area contributed by atoms with Gasteiger partial charge in [0.2, 0.25) is 0 Å². The molecule has 0 bridgehead atoms. The van der Waals surface area contributed by atoms with E-state index in [0.29, 0.717) is 16.7 Å². The maximum atomic E-state index is 13.5. The van der Waals surface area contributed by atoms with Crippen LogP contribution in [0.25, 0.3) is 39.5 Å². The van der Waals surface area contributed by atoms with Crippen LogP contribution in [0.1, 0.15) is 11.4 Å². The summed E-state index contributed by atoms with van der Waals surface area (Å²) < 4.78 is 2.71. The second kappa shape index (κ2) is 7.73. The van der Waals surface area contributed by atoms with E-state index in [2.05, 4.69) is 28.1 Å². The van der Waals surface area contributed by atoms with Crippen LogP contribution in [0.3, 0.4) is 0 Å². The molecule has 0 fully saturated rings. The van der Waals surface area contributed by atoms with Crippen LogP contribution in [0, 0.1) is 0 Å². The minimum atomic E-state index is -0.0779. The fourth-order valence-electron chi connectivity index (χ4n) is 3.68. The first kappa shape index (κ1) is 18.5. The lowest BCUT2D eigenvalue weighted by Gasteiger charge is -2.14. The van der Waals surface area contributed by atoms with Crippen molar-refractivity contribution in [2.45, 2.75) is 0 Å². The zero-order chi connectivity index (χ0) is 20.5. The van der Waals surface area contributed by atoms with Crippen molar-refractivity contribution >= 4 is 49.8 Å². The highest BCUT2D eigenvalue weighted by Crippen LogP contribution is 2.24. The topological polar surface area (TPSA) is 34.9 Å². The smallest absolute Gasteiger partial charge is 0.266 e. The summed E-state index contributed by atoms with van der Waals surface area (Å²) in [6.07, 6.45) is 3.88. The van der Waals surface area contributed by atoms with E-state index in [4.69, 9.17) is 4.98 Å². The Morgan fingerprint density at radius 3 is 2.37 bits per heavy atom. The summed E-state index contributed by atoms with van der Waals surface area (Å²) in [5.41, 5.74) is 2.46. The predicted molar refractivity (Wildman–Crippen MR) is 128 cm³/mol. The van der Waals surface area contributed by atoms with Crippen molar-refractivity contribution in [2.75, 3.05) is 0 Å². The molecule has 5 aromatic rings. The van der Waals surface area contributed by atoms with Crippen LogP contribution in [0.5, 0.6) is 0 Å². The average Bonchev–Trinajstić information content (AvgIpc) is 2.78. The maximum absolute atomic E-state index is 13.5. The highest BCUT2D eigenvalue weighted by atomic mass is 79.9. The molecule has 0 unspecified atom stereocenters. The summed E-state index contributed by atoms with van der Waals surface area (Å²) in [6.45, 7) is 0. The van der Waals surface area contributed by atoms with E-state index in [-0.39, 0.29) is 5.56 Å². The lowest BCUT2D eigenvalue weighted by atomic mass is 10.1. The van der Waals surface area contributed by atoms with Gasteiger partial charge in [-0.05, 0) is 47.4 Å². The van der Waals surface area contributed by atoms with Gasteiger partial charge in [-0.1, -0.05) is 82.7 Å². The lowest BCUT2D eigenvalue weighted by molar-refractivity contribution is 0.952. The molecule has 1 heterocycles. The standard InChI is InChI=1S/C26H17BrN2O/c27-20-10-5-7-18(17-20)15-16-25-28-23-13-4-3-12-22(23)26(30)29(25)24-14-6-9-19-8-1-2-11-21(19)24/h1-17H/b16-15+. The van der Waals surface area contributed by atoms with E-state index in [1.807, 2.05) is 91.0 Å². The maximum Gasteiger partial charge on any atom is 0.266 e. The first-order valence-electron chi connectivity index (χ1n) is 9.64.